The zero-order valence-corrected chi connectivity index (χ0v) is 14.4. The fraction of sp³-hybridized carbons (Fsp3) is 0.529. The second-order valence-corrected chi connectivity index (χ2v) is 6.90. The Hall–Kier alpha value is -1.88. The van der Waals surface area contributed by atoms with E-state index in [1.165, 1.54) is 0 Å². The number of hydrogen-bond acceptors (Lipinski definition) is 3. The van der Waals surface area contributed by atoms with Crippen molar-refractivity contribution in [2.24, 2.45) is 0 Å². The number of rotatable bonds is 5. The summed E-state index contributed by atoms with van der Waals surface area (Å²) < 4.78 is 0. The van der Waals surface area contributed by atoms with E-state index in [1.807, 2.05) is 46.8 Å². The van der Waals surface area contributed by atoms with Crippen LogP contribution >= 0.6 is 0 Å². The molecular weight excluding hydrogens is 278 g/mol. The lowest BCUT2D eigenvalue weighted by Crippen LogP contribution is -2.46. The van der Waals surface area contributed by atoms with Gasteiger partial charge in [-0.25, -0.2) is 0 Å². The highest BCUT2D eigenvalue weighted by atomic mass is 16.2. The predicted molar refractivity (Wildman–Crippen MR) is 89.9 cm³/mol. The van der Waals surface area contributed by atoms with Gasteiger partial charge in [0.15, 0.2) is 0 Å². The number of benzene rings is 1. The minimum Gasteiger partial charge on any atom is -0.350 e. The molecule has 1 aromatic rings. The highest BCUT2D eigenvalue weighted by Crippen LogP contribution is 2.13. The minimum absolute atomic E-state index is 0.0887. The van der Waals surface area contributed by atoms with Gasteiger partial charge in [-0.1, -0.05) is 6.07 Å². The van der Waals surface area contributed by atoms with Gasteiger partial charge in [0, 0.05) is 11.2 Å². The molecular formula is C17H27N3O2. The van der Waals surface area contributed by atoms with Gasteiger partial charge in [-0.05, 0) is 64.9 Å². The largest absolute Gasteiger partial charge is 0.350 e. The van der Waals surface area contributed by atoms with E-state index in [1.54, 1.807) is 11.9 Å². The van der Waals surface area contributed by atoms with Gasteiger partial charge < -0.3 is 10.6 Å². The van der Waals surface area contributed by atoms with E-state index in [0.29, 0.717) is 0 Å². The quantitative estimate of drug-likeness (QED) is 0.875. The number of nitrogens with one attached hydrogen (secondary N) is 2. The molecule has 0 radical (unpaired) electrons. The maximum Gasteiger partial charge on any atom is 0.238 e. The summed E-state index contributed by atoms with van der Waals surface area (Å²) >= 11 is 0. The number of carbonyl (C=O) groups excluding carboxylic acids is 2. The van der Waals surface area contributed by atoms with Crippen LogP contribution in [0.4, 0.5) is 5.69 Å². The van der Waals surface area contributed by atoms with Crippen molar-refractivity contribution in [3.8, 4) is 0 Å². The molecule has 5 heteroatoms. The van der Waals surface area contributed by atoms with E-state index >= 15 is 0 Å². The van der Waals surface area contributed by atoms with E-state index in [2.05, 4.69) is 16.7 Å². The fourth-order valence-electron chi connectivity index (χ4n) is 2.25. The van der Waals surface area contributed by atoms with Crippen LogP contribution in [0.3, 0.4) is 0 Å². The van der Waals surface area contributed by atoms with Crippen LogP contribution in [0.5, 0.6) is 0 Å². The zero-order chi connectivity index (χ0) is 16.9. The third-order valence-electron chi connectivity index (χ3n) is 2.85. The first-order valence-electron chi connectivity index (χ1n) is 7.43. The zero-order valence-electron chi connectivity index (χ0n) is 14.4. The summed E-state index contributed by atoms with van der Waals surface area (Å²) in [5, 5.41) is 5.74. The summed E-state index contributed by atoms with van der Waals surface area (Å²) in [5.41, 5.74) is 2.73. The van der Waals surface area contributed by atoms with Crippen molar-refractivity contribution in [1.82, 2.24) is 10.2 Å². The lowest BCUT2D eigenvalue weighted by molar-refractivity contribution is -0.124. The second-order valence-electron chi connectivity index (χ2n) is 6.90. The Kier molecular flexibility index (Phi) is 6.11. The molecule has 0 saturated carbocycles. The maximum absolute atomic E-state index is 12.0. The highest BCUT2D eigenvalue weighted by Gasteiger charge is 2.16. The Bertz CT molecular complexity index is 527. The normalized spacial score (nSPS) is 11.4. The van der Waals surface area contributed by atoms with Gasteiger partial charge in [0.05, 0.1) is 13.1 Å². The molecule has 0 saturated heterocycles. The van der Waals surface area contributed by atoms with Crippen LogP contribution in [-0.2, 0) is 9.59 Å². The lowest BCUT2D eigenvalue weighted by Gasteiger charge is -2.23. The molecule has 0 aliphatic rings. The average molecular weight is 305 g/mol. The second kappa shape index (κ2) is 7.40. The molecule has 5 nitrogen and oxygen atoms in total. The minimum atomic E-state index is -0.265. The van der Waals surface area contributed by atoms with Crippen molar-refractivity contribution in [2.45, 2.75) is 40.2 Å². The first kappa shape index (κ1) is 18.2. The summed E-state index contributed by atoms with van der Waals surface area (Å²) in [7, 11) is 1.75. The summed E-state index contributed by atoms with van der Waals surface area (Å²) in [6.07, 6.45) is 0. The first-order chi connectivity index (χ1) is 10.0. The molecule has 0 aromatic heterocycles. The number of aryl methyl sites for hydroxylation is 2. The van der Waals surface area contributed by atoms with Gasteiger partial charge >= 0.3 is 0 Å². The molecule has 0 heterocycles. The molecule has 0 aliphatic heterocycles. The molecule has 1 aromatic carbocycles. The third kappa shape index (κ3) is 7.22. The number of amides is 2. The molecule has 0 bridgehead atoms. The van der Waals surface area contributed by atoms with Crippen LogP contribution in [0.1, 0.15) is 31.9 Å². The maximum atomic E-state index is 12.0. The number of hydrogen-bond donors (Lipinski definition) is 2. The summed E-state index contributed by atoms with van der Waals surface area (Å²) in [6, 6.07) is 5.91. The smallest absolute Gasteiger partial charge is 0.238 e. The molecule has 0 fully saturated rings. The standard InChI is InChI=1S/C17H27N3O2/c1-12-7-13(2)9-14(8-12)18-15(21)10-20(6)11-16(22)19-17(3,4)5/h7-9H,10-11H2,1-6H3,(H,18,21)(H,19,22). The van der Waals surface area contributed by atoms with Crippen molar-refractivity contribution < 1.29 is 9.59 Å². The van der Waals surface area contributed by atoms with Crippen molar-refractivity contribution in [2.75, 3.05) is 25.5 Å². The lowest BCUT2D eigenvalue weighted by atomic mass is 10.1. The topological polar surface area (TPSA) is 61.4 Å². The Morgan fingerprint density at radius 3 is 2.00 bits per heavy atom. The molecule has 0 unspecified atom stereocenters. The van der Waals surface area contributed by atoms with Gasteiger partial charge in [-0.2, -0.15) is 0 Å². The number of carbonyl (C=O) groups is 2. The average Bonchev–Trinajstić information content (AvgIpc) is 2.22. The molecule has 0 spiro atoms. The van der Waals surface area contributed by atoms with Crippen molar-refractivity contribution >= 4 is 17.5 Å². The first-order valence-corrected chi connectivity index (χ1v) is 7.43. The monoisotopic (exact) mass is 305 g/mol. The van der Waals surface area contributed by atoms with Gasteiger partial charge in [0.1, 0.15) is 0 Å². The molecule has 2 amide bonds. The molecule has 2 N–H and O–H groups in total. The Morgan fingerprint density at radius 1 is 1.00 bits per heavy atom. The molecule has 0 atom stereocenters. The van der Waals surface area contributed by atoms with Crippen molar-refractivity contribution in [1.29, 1.82) is 0 Å². The van der Waals surface area contributed by atoms with Crippen molar-refractivity contribution in [3.05, 3.63) is 29.3 Å². The summed E-state index contributed by atoms with van der Waals surface area (Å²) in [6.45, 7) is 10.1. The van der Waals surface area contributed by atoms with Crippen molar-refractivity contribution in [3.63, 3.8) is 0 Å². The van der Waals surface area contributed by atoms with Gasteiger partial charge in [-0.3, -0.25) is 14.5 Å². The SMILES string of the molecule is Cc1cc(C)cc(NC(=O)CN(C)CC(=O)NC(C)(C)C)c1. The van der Waals surface area contributed by atoms with Gasteiger partial charge in [0.2, 0.25) is 11.8 Å². The van der Waals surface area contributed by atoms with E-state index in [9.17, 15) is 9.59 Å². The summed E-state index contributed by atoms with van der Waals surface area (Å²) in [5.74, 6) is -0.217. The van der Waals surface area contributed by atoms with E-state index < -0.39 is 0 Å². The number of anilines is 1. The van der Waals surface area contributed by atoms with Crippen LogP contribution in [-0.4, -0.2) is 42.4 Å². The summed E-state index contributed by atoms with van der Waals surface area (Å²) in [4.78, 5) is 25.5. The Labute approximate surface area is 133 Å². The Morgan fingerprint density at radius 2 is 1.50 bits per heavy atom. The van der Waals surface area contributed by atoms with Gasteiger partial charge in [-0.15, -0.1) is 0 Å². The molecule has 122 valence electrons. The van der Waals surface area contributed by atoms with Gasteiger partial charge in [0.25, 0.3) is 0 Å². The van der Waals surface area contributed by atoms with Crippen LogP contribution in [0.15, 0.2) is 18.2 Å². The van der Waals surface area contributed by atoms with E-state index in [-0.39, 0.29) is 30.4 Å². The molecule has 22 heavy (non-hydrogen) atoms. The van der Waals surface area contributed by atoms with E-state index in [4.69, 9.17) is 0 Å². The molecule has 0 aliphatic carbocycles. The highest BCUT2D eigenvalue weighted by molar-refractivity contribution is 5.92. The van der Waals surface area contributed by atoms with Crippen LogP contribution in [0, 0.1) is 13.8 Å². The number of likely N-dealkylation sites (N-methyl/N-ethyl adjacent to an activating group) is 1. The van der Waals surface area contributed by atoms with Crippen LogP contribution < -0.4 is 10.6 Å². The number of nitrogens with zero attached hydrogens (tertiary/aromatic N) is 1. The van der Waals surface area contributed by atoms with Crippen LogP contribution in [0.25, 0.3) is 0 Å². The molecule has 1 rings (SSSR count). The Balaban J connectivity index is 2.49. The predicted octanol–water partition coefficient (Wildman–Crippen LogP) is 2.09. The third-order valence-corrected chi connectivity index (χ3v) is 2.85. The van der Waals surface area contributed by atoms with Crippen LogP contribution in [0.2, 0.25) is 0 Å². The van der Waals surface area contributed by atoms with E-state index in [0.717, 1.165) is 16.8 Å². The fourth-order valence-corrected chi connectivity index (χ4v) is 2.25.